The fourth-order valence-corrected chi connectivity index (χ4v) is 2.28. The van der Waals surface area contributed by atoms with E-state index in [4.69, 9.17) is 0 Å². The number of carbonyl (C=O) groups is 1. The first kappa shape index (κ1) is 13.1. The SMILES string of the molecule is CC(=O)c1c[nH]c(=O)n(-c2ccc3ccccc3c2)c1=O. The molecule has 0 radical (unpaired) electrons. The monoisotopic (exact) mass is 280 g/mol. The van der Waals surface area contributed by atoms with E-state index in [2.05, 4.69) is 4.98 Å². The van der Waals surface area contributed by atoms with Crippen molar-refractivity contribution in [1.29, 1.82) is 0 Å². The number of hydrogen-bond acceptors (Lipinski definition) is 3. The molecule has 0 unspecified atom stereocenters. The molecule has 1 heterocycles. The zero-order chi connectivity index (χ0) is 15.0. The number of aromatic nitrogens is 2. The van der Waals surface area contributed by atoms with Crippen LogP contribution in [-0.4, -0.2) is 15.3 Å². The van der Waals surface area contributed by atoms with Gasteiger partial charge in [0.1, 0.15) is 0 Å². The molecule has 0 atom stereocenters. The molecule has 5 heteroatoms. The van der Waals surface area contributed by atoms with Gasteiger partial charge in [-0.15, -0.1) is 0 Å². The summed E-state index contributed by atoms with van der Waals surface area (Å²) in [6.07, 6.45) is 1.16. The number of H-pyrrole nitrogens is 1. The number of ketones is 1. The van der Waals surface area contributed by atoms with Crippen molar-refractivity contribution in [2.45, 2.75) is 6.92 Å². The predicted octanol–water partition coefficient (Wildman–Crippen LogP) is 1.88. The van der Waals surface area contributed by atoms with Crippen LogP contribution in [0.2, 0.25) is 0 Å². The lowest BCUT2D eigenvalue weighted by Gasteiger charge is -2.07. The molecule has 1 N–H and O–H groups in total. The van der Waals surface area contributed by atoms with Crippen LogP contribution in [0.1, 0.15) is 17.3 Å². The third-order valence-electron chi connectivity index (χ3n) is 3.35. The zero-order valence-electron chi connectivity index (χ0n) is 11.3. The van der Waals surface area contributed by atoms with Gasteiger partial charge in [0.25, 0.3) is 5.56 Å². The van der Waals surface area contributed by atoms with Crippen LogP contribution < -0.4 is 11.2 Å². The largest absolute Gasteiger partial charge is 0.333 e. The quantitative estimate of drug-likeness (QED) is 0.728. The highest BCUT2D eigenvalue weighted by Gasteiger charge is 2.12. The van der Waals surface area contributed by atoms with Crippen molar-refractivity contribution in [3.05, 3.63) is 75.1 Å². The Kier molecular flexibility index (Phi) is 3.02. The van der Waals surface area contributed by atoms with Gasteiger partial charge >= 0.3 is 5.69 Å². The van der Waals surface area contributed by atoms with Crippen LogP contribution in [0.25, 0.3) is 16.5 Å². The standard InChI is InChI=1S/C16H12N2O3/c1-10(19)14-9-17-16(21)18(15(14)20)13-7-6-11-4-2-3-5-12(11)8-13/h2-9H,1H3,(H,17,21). The van der Waals surface area contributed by atoms with Gasteiger partial charge in [0, 0.05) is 6.20 Å². The molecule has 2 aromatic carbocycles. The molecule has 0 bridgehead atoms. The Morgan fingerprint density at radius 1 is 1.05 bits per heavy atom. The molecule has 1 aromatic heterocycles. The number of aromatic amines is 1. The van der Waals surface area contributed by atoms with E-state index >= 15 is 0 Å². The Bertz CT molecular complexity index is 967. The molecule has 5 nitrogen and oxygen atoms in total. The molecule has 0 spiro atoms. The smallest absolute Gasteiger partial charge is 0.313 e. The average molecular weight is 280 g/mol. The van der Waals surface area contributed by atoms with Crippen molar-refractivity contribution in [3.63, 3.8) is 0 Å². The molecule has 21 heavy (non-hydrogen) atoms. The van der Waals surface area contributed by atoms with E-state index in [0.29, 0.717) is 5.69 Å². The summed E-state index contributed by atoms with van der Waals surface area (Å²) in [6, 6.07) is 12.9. The number of fused-ring (bicyclic) bond motifs is 1. The first-order valence-corrected chi connectivity index (χ1v) is 6.43. The van der Waals surface area contributed by atoms with E-state index in [1.165, 1.54) is 6.92 Å². The Balaban J connectivity index is 2.32. The maximum atomic E-state index is 12.3. The topological polar surface area (TPSA) is 71.9 Å². The maximum Gasteiger partial charge on any atom is 0.333 e. The fraction of sp³-hybridized carbons (Fsp3) is 0.0625. The lowest BCUT2D eigenvalue weighted by molar-refractivity contribution is 0.101. The second-order valence-electron chi connectivity index (χ2n) is 4.74. The summed E-state index contributed by atoms with van der Waals surface area (Å²) >= 11 is 0. The highest BCUT2D eigenvalue weighted by molar-refractivity contribution is 5.93. The molecule has 104 valence electrons. The number of benzene rings is 2. The molecule has 0 aliphatic rings. The summed E-state index contributed by atoms with van der Waals surface area (Å²) in [4.78, 5) is 38.1. The van der Waals surface area contributed by atoms with Gasteiger partial charge in [-0.25, -0.2) is 9.36 Å². The van der Waals surface area contributed by atoms with Gasteiger partial charge in [0.2, 0.25) is 0 Å². The Hall–Kier alpha value is -2.95. The van der Waals surface area contributed by atoms with Gasteiger partial charge in [-0.3, -0.25) is 9.59 Å². The molecule has 0 aliphatic carbocycles. The van der Waals surface area contributed by atoms with Crippen LogP contribution in [0.4, 0.5) is 0 Å². The zero-order valence-corrected chi connectivity index (χ0v) is 11.3. The van der Waals surface area contributed by atoms with E-state index in [-0.39, 0.29) is 11.3 Å². The van der Waals surface area contributed by atoms with Crippen LogP contribution in [0.15, 0.2) is 58.3 Å². The lowest BCUT2D eigenvalue weighted by atomic mass is 10.1. The third-order valence-corrected chi connectivity index (χ3v) is 3.35. The predicted molar refractivity (Wildman–Crippen MR) is 80.2 cm³/mol. The minimum Gasteiger partial charge on any atom is -0.313 e. The maximum absolute atomic E-state index is 12.3. The van der Waals surface area contributed by atoms with Crippen LogP contribution in [0, 0.1) is 0 Å². The number of nitrogens with one attached hydrogen (secondary N) is 1. The highest BCUT2D eigenvalue weighted by atomic mass is 16.2. The first-order chi connectivity index (χ1) is 10.1. The second-order valence-corrected chi connectivity index (χ2v) is 4.74. The van der Waals surface area contributed by atoms with Gasteiger partial charge in [0.05, 0.1) is 11.3 Å². The number of nitrogens with zero attached hydrogens (tertiary/aromatic N) is 1. The van der Waals surface area contributed by atoms with Crippen LogP contribution in [0.3, 0.4) is 0 Å². The van der Waals surface area contributed by atoms with Crippen molar-refractivity contribution >= 4 is 16.6 Å². The van der Waals surface area contributed by atoms with Crippen LogP contribution in [0.5, 0.6) is 0 Å². The number of carbonyl (C=O) groups excluding carboxylic acids is 1. The van der Waals surface area contributed by atoms with Crippen molar-refractivity contribution in [1.82, 2.24) is 9.55 Å². The minimum absolute atomic E-state index is 0.0391. The molecular weight excluding hydrogens is 268 g/mol. The molecule has 0 saturated heterocycles. The number of hydrogen-bond donors (Lipinski definition) is 1. The highest BCUT2D eigenvalue weighted by Crippen LogP contribution is 2.16. The molecular formula is C16H12N2O3. The van der Waals surface area contributed by atoms with Gasteiger partial charge in [-0.1, -0.05) is 30.3 Å². The lowest BCUT2D eigenvalue weighted by Crippen LogP contribution is -2.36. The first-order valence-electron chi connectivity index (χ1n) is 6.43. The van der Waals surface area contributed by atoms with Gasteiger partial charge in [0.15, 0.2) is 5.78 Å². The summed E-state index contributed by atoms with van der Waals surface area (Å²) in [7, 11) is 0. The Morgan fingerprint density at radius 2 is 1.76 bits per heavy atom. The molecule has 0 fully saturated rings. The summed E-state index contributed by atoms with van der Waals surface area (Å²) in [5.41, 5.74) is -0.785. The van der Waals surface area contributed by atoms with E-state index in [1.54, 1.807) is 12.1 Å². The van der Waals surface area contributed by atoms with Gasteiger partial charge in [-0.05, 0) is 29.8 Å². The summed E-state index contributed by atoms with van der Waals surface area (Å²) in [5, 5.41) is 1.92. The number of Topliss-reactive ketones (excluding diaryl/α,β-unsaturated/α-hetero) is 1. The van der Waals surface area contributed by atoms with E-state index in [0.717, 1.165) is 21.5 Å². The van der Waals surface area contributed by atoms with Crippen molar-refractivity contribution < 1.29 is 4.79 Å². The third kappa shape index (κ3) is 2.18. The summed E-state index contributed by atoms with van der Waals surface area (Å²) < 4.78 is 0.975. The van der Waals surface area contributed by atoms with Crippen molar-refractivity contribution in [2.75, 3.05) is 0 Å². The number of rotatable bonds is 2. The van der Waals surface area contributed by atoms with E-state index in [1.807, 2.05) is 30.3 Å². The molecule has 0 amide bonds. The molecule has 3 rings (SSSR count). The second kappa shape index (κ2) is 4.86. The van der Waals surface area contributed by atoms with Crippen LogP contribution in [-0.2, 0) is 0 Å². The Morgan fingerprint density at radius 3 is 2.48 bits per heavy atom. The average Bonchev–Trinajstić information content (AvgIpc) is 2.47. The van der Waals surface area contributed by atoms with Crippen molar-refractivity contribution in [3.8, 4) is 5.69 Å². The fourth-order valence-electron chi connectivity index (χ4n) is 2.28. The van der Waals surface area contributed by atoms with Crippen LogP contribution >= 0.6 is 0 Å². The molecule has 0 saturated carbocycles. The van der Waals surface area contributed by atoms with Gasteiger partial charge < -0.3 is 4.98 Å². The van der Waals surface area contributed by atoms with Gasteiger partial charge in [-0.2, -0.15) is 0 Å². The molecule has 3 aromatic rings. The Labute approximate surface area is 119 Å². The summed E-state index contributed by atoms with van der Waals surface area (Å²) in [5.74, 6) is -0.384. The van der Waals surface area contributed by atoms with E-state index < -0.39 is 11.2 Å². The van der Waals surface area contributed by atoms with Crippen molar-refractivity contribution in [2.24, 2.45) is 0 Å². The van der Waals surface area contributed by atoms with E-state index in [9.17, 15) is 14.4 Å². The minimum atomic E-state index is -0.610. The molecule has 0 aliphatic heterocycles. The normalized spacial score (nSPS) is 10.7. The summed E-state index contributed by atoms with van der Waals surface area (Å²) in [6.45, 7) is 1.29.